The van der Waals surface area contributed by atoms with E-state index in [1.807, 2.05) is 12.1 Å². The third-order valence-corrected chi connectivity index (χ3v) is 4.36. The van der Waals surface area contributed by atoms with Crippen LogP contribution in [0.25, 0.3) is 0 Å². The van der Waals surface area contributed by atoms with Gasteiger partial charge in [-0.1, -0.05) is 41.5 Å². The Morgan fingerprint density at radius 2 is 1.57 bits per heavy atom. The zero-order valence-electron chi connectivity index (χ0n) is 14.9. The Morgan fingerprint density at radius 1 is 1.09 bits per heavy atom. The highest BCUT2D eigenvalue weighted by atomic mass is 32.2. The molecule has 0 fully saturated rings. The molecule has 0 radical (unpaired) electrons. The van der Waals surface area contributed by atoms with Gasteiger partial charge in [-0.2, -0.15) is 0 Å². The van der Waals surface area contributed by atoms with Gasteiger partial charge >= 0.3 is 5.97 Å². The summed E-state index contributed by atoms with van der Waals surface area (Å²) in [6.07, 6.45) is 0. The summed E-state index contributed by atoms with van der Waals surface area (Å²) in [4.78, 5) is 11.5. The summed E-state index contributed by atoms with van der Waals surface area (Å²) >= 11 is 1.61. The Kier molecular flexibility index (Phi) is 6.54. The van der Waals surface area contributed by atoms with Crippen LogP contribution < -0.4 is 0 Å². The molecule has 1 aromatic carbocycles. The fourth-order valence-electron chi connectivity index (χ4n) is 2.21. The van der Waals surface area contributed by atoms with Crippen molar-refractivity contribution in [2.45, 2.75) is 57.3 Å². The molecule has 4 nitrogen and oxygen atoms in total. The third-order valence-electron chi connectivity index (χ3n) is 3.42. The van der Waals surface area contributed by atoms with Crippen LogP contribution in [-0.4, -0.2) is 35.1 Å². The fourth-order valence-corrected chi connectivity index (χ4v) is 3.05. The minimum Gasteiger partial charge on any atom is -0.507 e. The molecule has 0 bridgehead atoms. The van der Waals surface area contributed by atoms with Crippen LogP contribution in [0.2, 0.25) is 0 Å². The summed E-state index contributed by atoms with van der Waals surface area (Å²) in [5.41, 5.74) is 1.55. The quantitative estimate of drug-likeness (QED) is 0.601. The minimum atomic E-state index is -0.954. The second-order valence-corrected chi connectivity index (χ2v) is 8.83. The topological polar surface area (TPSA) is 66.8 Å². The zero-order valence-corrected chi connectivity index (χ0v) is 15.7. The molecule has 0 saturated carbocycles. The van der Waals surface area contributed by atoms with Crippen molar-refractivity contribution < 1.29 is 19.7 Å². The van der Waals surface area contributed by atoms with Crippen molar-refractivity contribution in [1.29, 1.82) is 0 Å². The molecule has 0 aliphatic carbocycles. The summed E-state index contributed by atoms with van der Waals surface area (Å²) in [7, 11) is 0. The number of hydrogen-bond donors (Lipinski definition) is 2. The number of aliphatic carboxylic acids is 1. The summed E-state index contributed by atoms with van der Waals surface area (Å²) in [5.74, 6) is 0.0896. The lowest BCUT2D eigenvalue weighted by Gasteiger charge is -2.28. The Labute approximate surface area is 143 Å². The molecular weight excluding hydrogens is 312 g/mol. The van der Waals surface area contributed by atoms with Gasteiger partial charge in [0.25, 0.3) is 0 Å². The number of aromatic hydroxyl groups is 1. The average Bonchev–Trinajstić information content (AvgIpc) is 2.36. The normalized spacial score (nSPS) is 12.4. The Bertz CT molecular complexity index is 518. The Hall–Kier alpha value is -1.20. The van der Waals surface area contributed by atoms with E-state index in [4.69, 9.17) is 9.84 Å². The predicted octanol–water partition coefficient (Wildman–Crippen LogP) is 4.18. The summed E-state index contributed by atoms with van der Waals surface area (Å²) < 4.78 is 5.07. The van der Waals surface area contributed by atoms with E-state index in [1.54, 1.807) is 11.8 Å². The standard InChI is InChI=1S/C18H28O4S/c1-17(2,3)13-9-12(23-8-7-22-11-15(19)20)10-14(16(13)21)18(4,5)6/h9-10,21H,7-8,11H2,1-6H3,(H,19,20). The predicted molar refractivity (Wildman–Crippen MR) is 94.7 cm³/mol. The van der Waals surface area contributed by atoms with Crippen molar-refractivity contribution in [2.75, 3.05) is 19.0 Å². The average molecular weight is 340 g/mol. The van der Waals surface area contributed by atoms with Crippen molar-refractivity contribution in [3.05, 3.63) is 23.3 Å². The van der Waals surface area contributed by atoms with E-state index < -0.39 is 5.97 Å². The number of phenolic OH excluding ortho intramolecular Hbond substituents is 1. The van der Waals surface area contributed by atoms with Crippen LogP contribution in [0.4, 0.5) is 0 Å². The van der Waals surface area contributed by atoms with Gasteiger partial charge in [-0.05, 0) is 23.0 Å². The number of carboxylic acids is 1. The van der Waals surface area contributed by atoms with Gasteiger partial charge in [0, 0.05) is 21.8 Å². The molecule has 0 saturated heterocycles. The van der Waals surface area contributed by atoms with E-state index in [2.05, 4.69) is 41.5 Å². The van der Waals surface area contributed by atoms with Crippen LogP contribution in [-0.2, 0) is 20.4 Å². The van der Waals surface area contributed by atoms with E-state index in [-0.39, 0.29) is 17.4 Å². The maximum absolute atomic E-state index is 10.7. The van der Waals surface area contributed by atoms with Crippen LogP contribution in [0.1, 0.15) is 52.7 Å². The SMILES string of the molecule is CC(C)(C)c1cc(SCCOCC(=O)O)cc(C(C)(C)C)c1O. The highest BCUT2D eigenvalue weighted by Crippen LogP contribution is 2.41. The molecule has 0 aliphatic heterocycles. The van der Waals surface area contributed by atoms with Crippen LogP contribution in [0.5, 0.6) is 5.75 Å². The van der Waals surface area contributed by atoms with Gasteiger partial charge in [-0.15, -0.1) is 11.8 Å². The van der Waals surface area contributed by atoms with E-state index >= 15 is 0 Å². The Morgan fingerprint density at radius 3 is 1.96 bits per heavy atom. The van der Waals surface area contributed by atoms with Gasteiger partial charge in [0.15, 0.2) is 0 Å². The number of carbonyl (C=O) groups is 1. The third kappa shape index (κ3) is 6.07. The molecule has 130 valence electrons. The van der Waals surface area contributed by atoms with Crippen molar-refractivity contribution in [2.24, 2.45) is 0 Å². The molecule has 0 aromatic heterocycles. The van der Waals surface area contributed by atoms with E-state index in [1.165, 1.54) is 0 Å². The number of ether oxygens (including phenoxy) is 1. The second-order valence-electron chi connectivity index (χ2n) is 7.66. The number of phenols is 1. The lowest BCUT2D eigenvalue weighted by atomic mass is 9.79. The first-order chi connectivity index (χ1) is 10.4. The molecule has 0 aliphatic rings. The van der Waals surface area contributed by atoms with Crippen molar-refractivity contribution in [3.63, 3.8) is 0 Å². The van der Waals surface area contributed by atoms with Gasteiger partial charge in [0.1, 0.15) is 12.4 Å². The number of carboxylic acid groups (broad SMARTS) is 1. The lowest BCUT2D eigenvalue weighted by molar-refractivity contribution is -0.141. The highest BCUT2D eigenvalue weighted by Gasteiger charge is 2.26. The van der Waals surface area contributed by atoms with Crippen molar-refractivity contribution >= 4 is 17.7 Å². The molecule has 2 N–H and O–H groups in total. The second kappa shape index (κ2) is 7.58. The molecule has 0 amide bonds. The van der Waals surface area contributed by atoms with Crippen molar-refractivity contribution in [3.8, 4) is 5.75 Å². The molecular formula is C18H28O4S. The molecule has 5 heteroatoms. The first kappa shape index (κ1) is 19.8. The smallest absolute Gasteiger partial charge is 0.329 e. The maximum Gasteiger partial charge on any atom is 0.329 e. The van der Waals surface area contributed by atoms with E-state index in [0.29, 0.717) is 18.1 Å². The number of rotatable bonds is 6. The van der Waals surface area contributed by atoms with Gasteiger partial charge < -0.3 is 14.9 Å². The molecule has 0 spiro atoms. The van der Waals surface area contributed by atoms with E-state index in [0.717, 1.165) is 16.0 Å². The van der Waals surface area contributed by atoms with Gasteiger partial charge in [-0.25, -0.2) is 4.79 Å². The first-order valence-electron chi connectivity index (χ1n) is 7.73. The largest absolute Gasteiger partial charge is 0.507 e. The zero-order chi connectivity index (χ0) is 17.8. The maximum atomic E-state index is 10.7. The Balaban J connectivity index is 2.98. The summed E-state index contributed by atoms with van der Waals surface area (Å²) in [6.45, 7) is 12.6. The fraction of sp³-hybridized carbons (Fsp3) is 0.611. The van der Waals surface area contributed by atoms with Crippen LogP contribution >= 0.6 is 11.8 Å². The number of benzene rings is 1. The van der Waals surface area contributed by atoms with Crippen molar-refractivity contribution in [1.82, 2.24) is 0 Å². The molecule has 1 rings (SSSR count). The van der Waals surface area contributed by atoms with Gasteiger partial charge in [0.05, 0.1) is 6.61 Å². The van der Waals surface area contributed by atoms with Crippen LogP contribution in [0, 0.1) is 0 Å². The first-order valence-corrected chi connectivity index (χ1v) is 8.72. The molecule has 0 atom stereocenters. The lowest BCUT2D eigenvalue weighted by Crippen LogP contribution is -2.17. The minimum absolute atomic E-state index is 0.152. The van der Waals surface area contributed by atoms with Gasteiger partial charge in [-0.3, -0.25) is 0 Å². The van der Waals surface area contributed by atoms with Crippen LogP contribution in [0.3, 0.4) is 0 Å². The summed E-state index contributed by atoms with van der Waals surface area (Å²) in [6, 6.07) is 4.04. The van der Waals surface area contributed by atoms with E-state index in [9.17, 15) is 9.90 Å². The number of thioether (sulfide) groups is 1. The van der Waals surface area contributed by atoms with Crippen LogP contribution in [0.15, 0.2) is 17.0 Å². The van der Waals surface area contributed by atoms with Gasteiger partial charge in [0.2, 0.25) is 0 Å². The molecule has 23 heavy (non-hydrogen) atoms. The summed E-state index contributed by atoms with van der Waals surface area (Å²) in [5, 5.41) is 19.2. The monoisotopic (exact) mass is 340 g/mol. The molecule has 1 aromatic rings. The highest BCUT2D eigenvalue weighted by molar-refractivity contribution is 7.99. The number of hydrogen-bond acceptors (Lipinski definition) is 4. The molecule has 0 unspecified atom stereocenters. The molecule has 0 heterocycles.